The predicted octanol–water partition coefficient (Wildman–Crippen LogP) is 3.04. The molecule has 2 aromatic rings. The van der Waals surface area contributed by atoms with Crippen LogP contribution in [0.4, 0.5) is 5.69 Å². The Hall–Kier alpha value is -1.91. The molecule has 1 saturated carbocycles. The fourth-order valence-electron chi connectivity index (χ4n) is 2.80. The third kappa shape index (κ3) is 3.15. The van der Waals surface area contributed by atoms with E-state index >= 15 is 0 Å². The maximum absolute atomic E-state index is 4.42. The Balaban J connectivity index is 1.63. The van der Waals surface area contributed by atoms with Crippen molar-refractivity contribution in [3.8, 4) is 5.82 Å². The molecular formula is C15H21N5. The van der Waals surface area contributed by atoms with Gasteiger partial charge in [0.2, 0.25) is 0 Å². The van der Waals surface area contributed by atoms with Crippen LogP contribution >= 0.6 is 0 Å². The largest absolute Gasteiger partial charge is 0.381 e. The van der Waals surface area contributed by atoms with Crippen molar-refractivity contribution in [3.63, 3.8) is 0 Å². The van der Waals surface area contributed by atoms with Gasteiger partial charge in [0.05, 0.1) is 11.9 Å². The number of pyridine rings is 1. The van der Waals surface area contributed by atoms with E-state index in [4.69, 9.17) is 0 Å². The highest BCUT2D eigenvalue weighted by Crippen LogP contribution is 2.24. The average molecular weight is 271 g/mol. The molecule has 1 N–H and O–H groups in total. The number of hydrogen-bond acceptors (Lipinski definition) is 4. The van der Waals surface area contributed by atoms with Crippen molar-refractivity contribution in [3.05, 3.63) is 31.0 Å². The molecule has 5 heteroatoms. The lowest BCUT2D eigenvalue weighted by atomic mass is 10.0. The van der Waals surface area contributed by atoms with E-state index in [1.54, 1.807) is 11.0 Å². The van der Waals surface area contributed by atoms with Crippen molar-refractivity contribution in [1.29, 1.82) is 0 Å². The quantitative estimate of drug-likeness (QED) is 0.872. The molecule has 0 spiro atoms. The number of anilines is 1. The Morgan fingerprint density at radius 1 is 1.20 bits per heavy atom. The second-order valence-corrected chi connectivity index (χ2v) is 5.70. The lowest BCUT2D eigenvalue weighted by Gasteiger charge is -2.17. The van der Waals surface area contributed by atoms with E-state index in [1.807, 2.05) is 12.3 Å². The van der Waals surface area contributed by atoms with Gasteiger partial charge in [0.25, 0.3) is 0 Å². The molecule has 1 aliphatic carbocycles. The summed E-state index contributed by atoms with van der Waals surface area (Å²) in [6.07, 6.45) is 11.6. The molecule has 106 valence electrons. The minimum atomic E-state index is 0.582. The molecule has 0 aromatic carbocycles. The molecule has 0 radical (unpaired) electrons. The van der Waals surface area contributed by atoms with E-state index in [0.29, 0.717) is 6.04 Å². The fourth-order valence-corrected chi connectivity index (χ4v) is 2.80. The zero-order valence-corrected chi connectivity index (χ0v) is 11.9. The summed E-state index contributed by atoms with van der Waals surface area (Å²) in [5, 5.41) is 7.68. The number of aromatic nitrogens is 4. The van der Waals surface area contributed by atoms with Crippen LogP contribution < -0.4 is 5.32 Å². The number of rotatable bonds is 3. The van der Waals surface area contributed by atoms with E-state index in [-0.39, 0.29) is 0 Å². The Labute approximate surface area is 119 Å². The highest BCUT2D eigenvalue weighted by atomic mass is 15.3. The highest BCUT2D eigenvalue weighted by Gasteiger charge is 2.15. The summed E-state index contributed by atoms with van der Waals surface area (Å²) in [4.78, 5) is 8.35. The summed E-state index contributed by atoms with van der Waals surface area (Å²) >= 11 is 0. The second kappa shape index (κ2) is 6.03. The summed E-state index contributed by atoms with van der Waals surface area (Å²) in [5.41, 5.74) is 1.09. The second-order valence-electron chi connectivity index (χ2n) is 5.70. The molecule has 0 saturated heterocycles. The van der Waals surface area contributed by atoms with Crippen LogP contribution in [0.25, 0.3) is 5.82 Å². The lowest BCUT2D eigenvalue weighted by molar-refractivity contribution is 0.502. The smallest absolute Gasteiger partial charge is 0.155 e. The van der Waals surface area contributed by atoms with Crippen molar-refractivity contribution < 1.29 is 0 Å². The van der Waals surface area contributed by atoms with Crippen molar-refractivity contribution >= 4 is 5.69 Å². The predicted molar refractivity (Wildman–Crippen MR) is 78.8 cm³/mol. The first-order valence-electron chi connectivity index (χ1n) is 7.39. The van der Waals surface area contributed by atoms with Crippen LogP contribution in [-0.4, -0.2) is 25.8 Å². The number of nitrogens with one attached hydrogen (secondary N) is 1. The minimum Gasteiger partial charge on any atom is -0.381 e. The van der Waals surface area contributed by atoms with Crippen molar-refractivity contribution in [2.45, 2.75) is 45.1 Å². The Bertz CT molecular complexity index is 520. The van der Waals surface area contributed by atoms with Crippen LogP contribution in [0.3, 0.4) is 0 Å². The molecule has 0 aliphatic heterocycles. The van der Waals surface area contributed by atoms with Crippen LogP contribution in [-0.2, 0) is 0 Å². The number of hydrogen-bond donors (Lipinski definition) is 1. The Morgan fingerprint density at radius 3 is 2.90 bits per heavy atom. The molecule has 2 atom stereocenters. The first-order valence-corrected chi connectivity index (χ1v) is 7.39. The third-order valence-electron chi connectivity index (χ3n) is 4.03. The summed E-state index contributed by atoms with van der Waals surface area (Å²) < 4.78 is 1.66. The lowest BCUT2D eigenvalue weighted by Crippen LogP contribution is -2.18. The van der Waals surface area contributed by atoms with Crippen molar-refractivity contribution in [1.82, 2.24) is 19.7 Å². The molecule has 0 bridgehead atoms. The van der Waals surface area contributed by atoms with Crippen molar-refractivity contribution in [2.75, 3.05) is 5.32 Å². The third-order valence-corrected chi connectivity index (χ3v) is 4.03. The van der Waals surface area contributed by atoms with Gasteiger partial charge in [-0.3, -0.25) is 0 Å². The van der Waals surface area contributed by atoms with E-state index in [2.05, 4.69) is 33.4 Å². The van der Waals surface area contributed by atoms with Crippen LogP contribution in [0.5, 0.6) is 0 Å². The maximum Gasteiger partial charge on any atom is 0.155 e. The van der Waals surface area contributed by atoms with Crippen LogP contribution in [0.1, 0.15) is 39.0 Å². The summed E-state index contributed by atoms with van der Waals surface area (Å²) in [5.74, 6) is 1.66. The van der Waals surface area contributed by atoms with Crippen molar-refractivity contribution in [2.24, 2.45) is 5.92 Å². The summed E-state index contributed by atoms with van der Waals surface area (Å²) in [7, 11) is 0. The average Bonchev–Trinajstić information content (AvgIpc) is 2.92. The topological polar surface area (TPSA) is 55.6 Å². The van der Waals surface area contributed by atoms with Gasteiger partial charge in [-0.2, -0.15) is 5.10 Å². The zero-order chi connectivity index (χ0) is 13.8. The Morgan fingerprint density at radius 2 is 2.15 bits per heavy atom. The minimum absolute atomic E-state index is 0.582. The molecule has 3 rings (SSSR count). The molecule has 2 aromatic heterocycles. The standard InChI is InChI=1S/C15H21N5/c1-12-3-2-4-13(6-5-12)19-14-7-8-15(17-9-14)20-11-16-10-18-20/h7-13,19H,2-6H2,1H3. The van der Waals surface area contributed by atoms with E-state index < -0.39 is 0 Å². The van der Waals surface area contributed by atoms with Gasteiger partial charge in [-0.25, -0.2) is 14.6 Å². The Kier molecular flexibility index (Phi) is 3.95. The van der Waals surface area contributed by atoms with Gasteiger partial charge >= 0.3 is 0 Å². The maximum atomic E-state index is 4.42. The SMILES string of the molecule is CC1CCCC(Nc2ccc(-n3cncn3)nc2)CC1. The molecule has 20 heavy (non-hydrogen) atoms. The monoisotopic (exact) mass is 271 g/mol. The van der Waals surface area contributed by atoms with Gasteiger partial charge in [-0.05, 0) is 37.3 Å². The van der Waals surface area contributed by atoms with Gasteiger partial charge in [0, 0.05) is 6.04 Å². The number of nitrogens with zero attached hydrogens (tertiary/aromatic N) is 4. The molecule has 2 unspecified atom stereocenters. The summed E-state index contributed by atoms with van der Waals surface area (Å²) in [6.45, 7) is 2.36. The molecule has 2 heterocycles. The van der Waals surface area contributed by atoms with E-state index in [9.17, 15) is 0 Å². The fraction of sp³-hybridized carbons (Fsp3) is 0.533. The van der Waals surface area contributed by atoms with Crippen LogP contribution in [0, 0.1) is 5.92 Å². The van der Waals surface area contributed by atoms with Gasteiger partial charge in [0.1, 0.15) is 12.7 Å². The van der Waals surface area contributed by atoms with E-state index in [0.717, 1.165) is 17.4 Å². The van der Waals surface area contributed by atoms with Crippen LogP contribution in [0.2, 0.25) is 0 Å². The van der Waals surface area contributed by atoms with Gasteiger partial charge in [0.15, 0.2) is 5.82 Å². The molecule has 0 amide bonds. The first kappa shape index (κ1) is 13.1. The van der Waals surface area contributed by atoms with Gasteiger partial charge in [-0.1, -0.05) is 19.8 Å². The first-order chi connectivity index (χ1) is 9.81. The van der Waals surface area contributed by atoms with Crippen LogP contribution in [0.15, 0.2) is 31.0 Å². The normalized spacial score (nSPS) is 23.2. The zero-order valence-electron chi connectivity index (χ0n) is 11.9. The highest BCUT2D eigenvalue weighted by molar-refractivity contribution is 5.44. The van der Waals surface area contributed by atoms with E-state index in [1.165, 1.54) is 38.4 Å². The van der Waals surface area contributed by atoms with Gasteiger partial charge < -0.3 is 5.32 Å². The molecule has 5 nitrogen and oxygen atoms in total. The molecule has 1 aliphatic rings. The van der Waals surface area contributed by atoms with Gasteiger partial charge in [-0.15, -0.1) is 0 Å². The molecular weight excluding hydrogens is 250 g/mol. The molecule has 1 fully saturated rings. The summed E-state index contributed by atoms with van der Waals surface area (Å²) in [6, 6.07) is 4.62.